The van der Waals surface area contributed by atoms with Crippen LogP contribution < -0.4 is 9.47 Å². The average Bonchev–Trinajstić information content (AvgIpc) is 2.72. The van der Waals surface area contributed by atoms with Crippen molar-refractivity contribution in [3.05, 3.63) is 72.1 Å². The summed E-state index contributed by atoms with van der Waals surface area (Å²) in [5.41, 5.74) is 1.17. The Morgan fingerprint density at radius 1 is 1.10 bits per heavy atom. The summed E-state index contributed by atoms with van der Waals surface area (Å²) in [4.78, 5) is 21.9. The molecular formula is C21H15F4N3O3. The van der Waals surface area contributed by atoms with Crippen LogP contribution in [0.3, 0.4) is 0 Å². The van der Waals surface area contributed by atoms with Crippen LogP contribution >= 0.6 is 0 Å². The van der Waals surface area contributed by atoms with Crippen LogP contribution in [0.15, 0.2) is 54.9 Å². The van der Waals surface area contributed by atoms with Gasteiger partial charge in [0.25, 0.3) is 0 Å². The van der Waals surface area contributed by atoms with Crippen LogP contribution in [0.5, 0.6) is 11.5 Å². The van der Waals surface area contributed by atoms with Gasteiger partial charge in [-0.3, -0.25) is 0 Å². The van der Waals surface area contributed by atoms with Gasteiger partial charge in [-0.25, -0.2) is 19.2 Å². The normalized spacial score (nSPS) is 13.5. The molecule has 31 heavy (non-hydrogen) atoms. The molecule has 0 fully saturated rings. The Balaban J connectivity index is 1.53. The van der Waals surface area contributed by atoms with Crippen LogP contribution in [-0.2, 0) is 13.0 Å². The van der Waals surface area contributed by atoms with Crippen molar-refractivity contribution in [2.45, 2.75) is 19.3 Å². The zero-order valence-electron chi connectivity index (χ0n) is 15.9. The first-order valence-electron chi connectivity index (χ1n) is 9.20. The minimum absolute atomic E-state index is 0.0958. The molecule has 10 heteroatoms. The Morgan fingerprint density at radius 3 is 2.58 bits per heavy atom. The minimum Gasteiger partial charge on any atom is -0.410 e. The highest BCUT2D eigenvalue weighted by Gasteiger charge is 2.31. The van der Waals surface area contributed by atoms with Gasteiger partial charge in [0.05, 0.1) is 6.54 Å². The molecule has 160 valence electrons. The smallest absolute Gasteiger partial charge is 0.410 e. The summed E-state index contributed by atoms with van der Waals surface area (Å²) in [6, 6.07) is 9.30. The molecule has 0 bridgehead atoms. The van der Waals surface area contributed by atoms with E-state index in [9.17, 15) is 22.4 Å². The number of amides is 1. The summed E-state index contributed by atoms with van der Waals surface area (Å²) in [5, 5.41) is 0. The number of rotatable bonds is 5. The molecule has 0 saturated carbocycles. The summed E-state index contributed by atoms with van der Waals surface area (Å²) < 4.78 is 60.5. The molecule has 2 aromatic carbocycles. The fourth-order valence-corrected chi connectivity index (χ4v) is 3.19. The predicted octanol–water partition coefficient (Wildman–Crippen LogP) is 4.74. The highest BCUT2D eigenvalue weighted by Crippen LogP contribution is 2.34. The summed E-state index contributed by atoms with van der Waals surface area (Å²) in [7, 11) is 0. The number of ether oxygens (including phenoxy) is 2. The third-order valence-corrected chi connectivity index (χ3v) is 4.59. The van der Waals surface area contributed by atoms with Crippen LogP contribution in [0.2, 0.25) is 0 Å². The largest absolute Gasteiger partial charge is 0.573 e. The quantitative estimate of drug-likeness (QED) is 0.544. The lowest BCUT2D eigenvalue weighted by atomic mass is 10.0. The number of fused-ring (bicyclic) bond motifs is 1. The van der Waals surface area contributed by atoms with Gasteiger partial charge in [0.15, 0.2) is 0 Å². The van der Waals surface area contributed by atoms with Gasteiger partial charge in [-0.2, -0.15) is 0 Å². The van der Waals surface area contributed by atoms with E-state index in [-0.39, 0.29) is 12.1 Å². The second kappa shape index (κ2) is 8.21. The van der Waals surface area contributed by atoms with Gasteiger partial charge in [0.2, 0.25) is 0 Å². The maximum atomic E-state index is 14.4. The summed E-state index contributed by atoms with van der Waals surface area (Å²) in [5.74, 6) is -0.584. The second-order valence-corrected chi connectivity index (χ2v) is 6.72. The van der Waals surface area contributed by atoms with Crippen molar-refractivity contribution in [2.24, 2.45) is 0 Å². The monoisotopic (exact) mass is 433 g/mol. The van der Waals surface area contributed by atoms with Gasteiger partial charge < -0.3 is 14.4 Å². The third kappa shape index (κ3) is 4.90. The second-order valence-electron chi connectivity index (χ2n) is 6.72. The Bertz CT molecular complexity index is 1110. The predicted molar refractivity (Wildman–Crippen MR) is 101 cm³/mol. The number of nitrogens with zero attached hydrogens (tertiary/aromatic N) is 3. The molecule has 4 rings (SSSR count). The van der Waals surface area contributed by atoms with E-state index in [4.69, 9.17) is 4.74 Å². The van der Waals surface area contributed by atoms with Gasteiger partial charge in [0, 0.05) is 42.6 Å². The maximum absolute atomic E-state index is 14.4. The molecule has 0 saturated heterocycles. The van der Waals surface area contributed by atoms with Crippen molar-refractivity contribution in [3.8, 4) is 22.6 Å². The lowest BCUT2D eigenvalue weighted by Crippen LogP contribution is -2.38. The standard InChI is InChI=1S/C21H15F4N3O3/c22-17-11-15(31-21(23,24)25)3-4-16(17)13-2-5-18-14(10-13)12-28(20(29)30-18)9-6-19-26-7-1-8-27-19/h1-5,7-8,10-11H,6,9,12H2. The Labute approximate surface area is 174 Å². The molecule has 1 aliphatic rings. The SMILES string of the molecule is O=C1Oc2ccc(-c3ccc(OC(F)(F)F)cc3F)cc2CN1CCc1ncccn1. The Morgan fingerprint density at radius 2 is 1.87 bits per heavy atom. The summed E-state index contributed by atoms with van der Waals surface area (Å²) in [6.07, 6.45) is -1.77. The van der Waals surface area contributed by atoms with Gasteiger partial charge in [-0.15, -0.1) is 13.2 Å². The van der Waals surface area contributed by atoms with Crippen LogP contribution in [0.4, 0.5) is 22.4 Å². The number of carbonyl (C=O) groups excluding carboxylic acids is 1. The van der Waals surface area contributed by atoms with Crippen LogP contribution in [0.1, 0.15) is 11.4 Å². The lowest BCUT2D eigenvalue weighted by molar-refractivity contribution is -0.274. The molecule has 1 aliphatic heterocycles. The zero-order valence-corrected chi connectivity index (χ0v) is 15.9. The molecule has 0 N–H and O–H groups in total. The molecule has 3 aromatic rings. The highest BCUT2D eigenvalue weighted by atomic mass is 19.4. The van der Waals surface area contributed by atoms with E-state index >= 15 is 0 Å². The number of carbonyl (C=O) groups is 1. The molecule has 2 heterocycles. The van der Waals surface area contributed by atoms with Crippen molar-refractivity contribution in [2.75, 3.05) is 6.54 Å². The molecule has 0 radical (unpaired) electrons. The zero-order chi connectivity index (χ0) is 22.0. The summed E-state index contributed by atoms with van der Waals surface area (Å²) >= 11 is 0. The van der Waals surface area contributed by atoms with E-state index < -0.39 is 24.0 Å². The first kappa shape index (κ1) is 20.6. The highest BCUT2D eigenvalue weighted by molar-refractivity contribution is 5.75. The maximum Gasteiger partial charge on any atom is 0.573 e. The number of aromatic nitrogens is 2. The Hall–Kier alpha value is -3.69. The van der Waals surface area contributed by atoms with Crippen molar-refractivity contribution in [1.82, 2.24) is 14.9 Å². The van der Waals surface area contributed by atoms with Gasteiger partial charge >= 0.3 is 12.5 Å². The first-order chi connectivity index (χ1) is 14.8. The topological polar surface area (TPSA) is 64.6 Å². The number of benzene rings is 2. The van der Waals surface area contributed by atoms with Gasteiger partial charge in [-0.05, 0) is 35.9 Å². The number of hydrogen-bond donors (Lipinski definition) is 0. The molecule has 1 aromatic heterocycles. The van der Waals surface area contributed by atoms with Crippen molar-refractivity contribution < 1.29 is 31.8 Å². The van der Waals surface area contributed by atoms with Gasteiger partial charge in [0.1, 0.15) is 23.1 Å². The Kier molecular flexibility index (Phi) is 5.45. The number of alkyl halides is 3. The van der Waals surface area contributed by atoms with Crippen molar-refractivity contribution in [3.63, 3.8) is 0 Å². The van der Waals surface area contributed by atoms with E-state index in [0.29, 0.717) is 41.7 Å². The first-order valence-corrected chi connectivity index (χ1v) is 9.20. The molecule has 0 spiro atoms. The van der Waals surface area contributed by atoms with E-state index in [2.05, 4.69) is 14.7 Å². The molecular weight excluding hydrogens is 418 g/mol. The molecule has 0 aliphatic carbocycles. The fourth-order valence-electron chi connectivity index (χ4n) is 3.19. The third-order valence-electron chi connectivity index (χ3n) is 4.59. The van der Waals surface area contributed by atoms with Crippen molar-refractivity contribution >= 4 is 6.09 Å². The lowest BCUT2D eigenvalue weighted by Gasteiger charge is -2.28. The average molecular weight is 433 g/mol. The van der Waals surface area contributed by atoms with Crippen LogP contribution in [-0.4, -0.2) is 33.9 Å². The molecule has 6 nitrogen and oxygen atoms in total. The van der Waals surface area contributed by atoms with E-state index in [1.165, 1.54) is 23.1 Å². The summed E-state index contributed by atoms with van der Waals surface area (Å²) in [6.45, 7) is 0.552. The van der Waals surface area contributed by atoms with E-state index in [1.807, 2.05) is 0 Å². The number of halogens is 4. The van der Waals surface area contributed by atoms with E-state index in [0.717, 1.165) is 6.07 Å². The number of hydrogen-bond acceptors (Lipinski definition) is 5. The fraction of sp³-hybridized carbons (Fsp3) is 0.190. The van der Waals surface area contributed by atoms with Crippen LogP contribution in [0.25, 0.3) is 11.1 Å². The van der Waals surface area contributed by atoms with Crippen molar-refractivity contribution in [1.29, 1.82) is 0 Å². The molecule has 1 amide bonds. The van der Waals surface area contributed by atoms with E-state index in [1.54, 1.807) is 24.5 Å². The van der Waals surface area contributed by atoms with Crippen LogP contribution in [0, 0.1) is 5.82 Å². The van der Waals surface area contributed by atoms with Gasteiger partial charge in [-0.1, -0.05) is 6.07 Å². The molecule has 0 atom stereocenters. The molecule has 0 unspecified atom stereocenters. The minimum atomic E-state index is -4.90.